The van der Waals surface area contributed by atoms with E-state index in [0.29, 0.717) is 18.1 Å². The van der Waals surface area contributed by atoms with Gasteiger partial charge >= 0.3 is 0 Å². The molecular formula is C18H29N3O. The van der Waals surface area contributed by atoms with Crippen LogP contribution in [0.15, 0.2) is 24.3 Å². The van der Waals surface area contributed by atoms with Gasteiger partial charge in [0.1, 0.15) is 0 Å². The average Bonchev–Trinajstić information content (AvgIpc) is 2.48. The Hall–Kier alpha value is -1.71. The molecule has 0 unspecified atom stereocenters. The Morgan fingerprint density at radius 2 is 1.82 bits per heavy atom. The molecule has 1 fully saturated rings. The molecular weight excluding hydrogens is 274 g/mol. The molecule has 1 amide bonds. The van der Waals surface area contributed by atoms with Crippen molar-refractivity contribution in [2.45, 2.75) is 64.6 Å². The maximum atomic E-state index is 11.1. The van der Waals surface area contributed by atoms with Gasteiger partial charge < -0.3 is 15.5 Å². The zero-order valence-electron chi connectivity index (χ0n) is 14.2. The van der Waals surface area contributed by atoms with Gasteiger partial charge in [0.05, 0.1) is 0 Å². The van der Waals surface area contributed by atoms with E-state index in [0.717, 1.165) is 25.7 Å². The lowest BCUT2D eigenvalue weighted by atomic mass is 9.91. The number of carbonyl (C=O) groups excluding carboxylic acids is 1. The van der Waals surface area contributed by atoms with Crippen molar-refractivity contribution in [1.29, 1.82) is 0 Å². The van der Waals surface area contributed by atoms with E-state index in [9.17, 15) is 4.79 Å². The highest BCUT2D eigenvalue weighted by Crippen LogP contribution is 2.25. The fraction of sp³-hybridized carbons (Fsp3) is 0.611. The molecule has 4 heteroatoms. The highest BCUT2D eigenvalue weighted by molar-refractivity contribution is 5.73. The van der Waals surface area contributed by atoms with Crippen LogP contribution in [0, 0.1) is 0 Å². The number of rotatable bonds is 5. The second-order valence-corrected chi connectivity index (χ2v) is 6.65. The van der Waals surface area contributed by atoms with Crippen LogP contribution in [0.4, 0.5) is 11.4 Å². The zero-order valence-corrected chi connectivity index (χ0v) is 14.2. The van der Waals surface area contributed by atoms with Gasteiger partial charge in [-0.25, -0.2) is 0 Å². The smallest absolute Gasteiger partial charge is 0.217 e. The largest absolute Gasteiger partial charge is 0.382 e. The lowest BCUT2D eigenvalue weighted by Crippen LogP contribution is -2.39. The summed E-state index contributed by atoms with van der Waals surface area (Å²) < 4.78 is 0. The molecule has 0 aliphatic heterocycles. The van der Waals surface area contributed by atoms with Crippen LogP contribution in [0.25, 0.3) is 0 Å². The molecule has 122 valence electrons. The predicted molar refractivity (Wildman–Crippen MR) is 93.5 cm³/mol. The van der Waals surface area contributed by atoms with E-state index in [4.69, 9.17) is 0 Å². The Labute approximate surface area is 134 Å². The number of amides is 1. The van der Waals surface area contributed by atoms with Crippen molar-refractivity contribution in [1.82, 2.24) is 5.32 Å². The van der Waals surface area contributed by atoms with Crippen molar-refractivity contribution in [3.63, 3.8) is 0 Å². The molecule has 1 aliphatic rings. The Kier molecular flexibility index (Phi) is 5.69. The third-order valence-electron chi connectivity index (χ3n) is 4.53. The molecule has 1 aromatic carbocycles. The number of hydrogen-bond acceptors (Lipinski definition) is 3. The minimum atomic E-state index is 0.0841. The summed E-state index contributed by atoms with van der Waals surface area (Å²) in [7, 11) is 2.13. The third kappa shape index (κ3) is 4.65. The molecule has 0 radical (unpaired) electrons. The fourth-order valence-electron chi connectivity index (χ4n) is 3.02. The third-order valence-corrected chi connectivity index (χ3v) is 4.53. The van der Waals surface area contributed by atoms with Crippen molar-refractivity contribution >= 4 is 17.3 Å². The van der Waals surface area contributed by atoms with Gasteiger partial charge in [-0.3, -0.25) is 4.79 Å². The molecule has 2 rings (SSSR count). The molecule has 2 N–H and O–H groups in total. The molecule has 22 heavy (non-hydrogen) atoms. The number of nitrogens with zero attached hydrogens (tertiary/aromatic N) is 1. The van der Waals surface area contributed by atoms with Crippen LogP contribution in [0.1, 0.15) is 46.5 Å². The summed E-state index contributed by atoms with van der Waals surface area (Å²) in [6, 6.07) is 9.97. The summed E-state index contributed by atoms with van der Waals surface area (Å²) in [5, 5.41) is 6.68. The first-order valence-electron chi connectivity index (χ1n) is 8.32. The summed E-state index contributed by atoms with van der Waals surface area (Å²) in [5.74, 6) is 0.0841. The first kappa shape index (κ1) is 16.7. The highest BCUT2D eigenvalue weighted by Gasteiger charge is 2.21. The van der Waals surface area contributed by atoms with Crippen LogP contribution >= 0.6 is 0 Å². The van der Waals surface area contributed by atoms with E-state index in [-0.39, 0.29) is 5.91 Å². The number of hydrogen-bond donors (Lipinski definition) is 2. The summed E-state index contributed by atoms with van der Waals surface area (Å²) in [5.41, 5.74) is 2.43. The Balaban J connectivity index is 1.89. The van der Waals surface area contributed by atoms with E-state index in [1.807, 2.05) is 0 Å². The minimum absolute atomic E-state index is 0.0841. The maximum Gasteiger partial charge on any atom is 0.217 e. The van der Waals surface area contributed by atoms with Crippen LogP contribution in [-0.2, 0) is 4.79 Å². The van der Waals surface area contributed by atoms with Crippen LogP contribution in [-0.4, -0.2) is 31.1 Å². The second-order valence-electron chi connectivity index (χ2n) is 6.65. The molecule has 1 aliphatic carbocycles. The summed E-state index contributed by atoms with van der Waals surface area (Å²) in [6.07, 6.45) is 4.33. The number of anilines is 2. The van der Waals surface area contributed by atoms with Gasteiger partial charge in [0.25, 0.3) is 0 Å². The van der Waals surface area contributed by atoms with E-state index in [1.165, 1.54) is 11.4 Å². The first-order valence-corrected chi connectivity index (χ1v) is 8.32. The summed E-state index contributed by atoms with van der Waals surface area (Å²) >= 11 is 0. The Bertz CT molecular complexity index is 493. The van der Waals surface area contributed by atoms with Crippen LogP contribution in [0.5, 0.6) is 0 Å². The van der Waals surface area contributed by atoms with Gasteiger partial charge in [-0.1, -0.05) is 6.07 Å². The molecule has 0 spiro atoms. The quantitative estimate of drug-likeness (QED) is 0.876. The molecule has 1 aromatic rings. The Morgan fingerprint density at radius 3 is 2.41 bits per heavy atom. The van der Waals surface area contributed by atoms with E-state index in [1.54, 1.807) is 6.92 Å². The van der Waals surface area contributed by atoms with Crippen molar-refractivity contribution in [2.24, 2.45) is 0 Å². The average molecular weight is 303 g/mol. The zero-order chi connectivity index (χ0) is 16.1. The first-order chi connectivity index (χ1) is 10.5. The van der Waals surface area contributed by atoms with Crippen molar-refractivity contribution < 1.29 is 4.79 Å². The van der Waals surface area contributed by atoms with E-state index < -0.39 is 0 Å². The number of benzene rings is 1. The van der Waals surface area contributed by atoms with Gasteiger partial charge in [-0.15, -0.1) is 0 Å². The molecule has 0 aromatic heterocycles. The minimum Gasteiger partial charge on any atom is -0.382 e. The molecule has 0 bridgehead atoms. The van der Waals surface area contributed by atoms with Gasteiger partial charge in [0.2, 0.25) is 5.91 Å². The van der Waals surface area contributed by atoms with E-state index >= 15 is 0 Å². The maximum absolute atomic E-state index is 11.1. The standard InChI is InChI=1S/C18H29N3O/c1-13(2)21(4)18-7-5-6-17(12-18)20-16-10-8-15(9-11-16)19-14(3)22/h5-7,12-13,15-16,20H,8-11H2,1-4H3,(H,19,22). The highest BCUT2D eigenvalue weighted by atomic mass is 16.1. The molecule has 0 atom stereocenters. The van der Waals surface area contributed by atoms with Crippen LogP contribution < -0.4 is 15.5 Å². The SMILES string of the molecule is CC(=O)NC1CCC(Nc2cccc(N(C)C(C)C)c2)CC1. The predicted octanol–water partition coefficient (Wildman–Crippen LogP) is 3.39. The summed E-state index contributed by atoms with van der Waals surface area (Å²) in [6.45, 7) is 5.99. The topological polar surface area (TPSA) is 44.4 Å². The van der Waals surface area contributed by atoms with E-state index in [2.05, 4.69) is 60.7 Å². The normalized spacial score (nSPS) is 21.5. The fourth-order valence-corrected chi connectivity index (χ4v) is 3.02. The van der Waals surface area contributed by atoms with Gasteiger partial charge in [0, 0.05) is 43.5 Å². The lowest BCUT2D eigenvalue weighted by Gasteiger charge is -2.30. The van der Waals surface area contributed by atoms with Gasteiger partial charge in [-0.05, 0) is 57.7 Å². The van der Waals surface area contributed by atoms with Gasteiger partial charge in [-0.2, -0.15) is 0 Å². The van der Waals surface area contributed by atoms with Crippen LogP contribution in [0.3, 0.4) is 0 Å². The number of nitrogens with one attached hydrogen (secondary N) is 2. The second kappa shape index (κ2) is 7.52. The monoisotopic (exact) mass is 303 g/mol. The number of carbonyl (C=O) groups is 1. The van der Waals surface area contributed by atoms with Crippen molar-refractivity contribution in [3.05, 3.63) is 24.3 Å². The Morgan fingerprint density at radius 1 is 1.18 bits per heavy atom. The van der Waals surface area contributed by atoms with Crippen molar-refractivity contribution in [3.8, 4) is 0 Å². The van der Waals surface area contributed by atoms with Crippen LogP contribution in [0.2, 0.25) is 0 Å². The molecule has 0 heterocycles. The molecule has 0 saturated heterocycles. The molecule has 1 saturated carbocycles. The van der Waals surface area contributed by atoms with Gasteiger partial charge in [0.15, 0.2) is 0 Å². The molecule has 4 nitrogen and oxygen atoms in total. The van der Waals surface area contributed by atoms with Crippen molar-refractivity contribution in [2.75, 3.05) is 17.3 Å². The summed E-state index contributed by atoms with van der Waals surface area (Å²) in [4.78, 5) is 13.4. The lowest BCUT2D eigenvalue weighted by molar-refractivity contribution is -0.119.